The summed E-state index contributed by atoms with van der Waals surface area (Å²) in [5.41, 5.74) is 2.70. The van der Waals surface area contributed by atoms with Crippen LogP contribution in [0.2, 0.25) is 0 Å². The molecule has 5 rings (SSSR count). The van der Waals surface area contributed by atoms with E-state index in [1.807, 2.05) is 42.5 Å². The normalized spacial score (nSPS) is 29.5. The van der Waals surface area contributed by atoms with E-state index in [9.17, 15) is 4.79 Å². The van der Waals surface area contributed by atoms with Crippen LogP contribution >= 0.6 is 0 Å². The van der Waals surface area contributed by atoms with E-state index in [2.05, 4.69) is 41.4 Å². The van der Waals surface area contributed by atoms with Crippen LogP contribution in [0.15, 0.2) is 85.1 Å². The first-order valence-electron chi connectivity index (χ1n) is 9.04. The molecule has 0 unspecified atom stereocenters. The van der Waals surface area contributed by atoms with Crippen LogP contribution in [0.1, 0.15) is 35.1 Å². The summed E-state index contributed by atoms with van der Waals surface area (Å²) in [4.78, 5) is 17.1. The number of fused-ring (bicyclic) bond motifs is 1. The van der Waals surface area contributed by atoms with Crippen molar-refractivity contribution in [2.75, 3.05) is 0 Å². The standard InChI is InChI=1S/C23H19NO2/c25-22-21-20(17-11-5-2-6-12-17)18(16-9-3-1-4-10-16)15-23(21,26-22)19-13-7-8-14-24-19/h1-14,18,20-21H,15H2/t18-,20-,21+,23-/m1/s1. The third-order valence-electron chi connectivity index (χ3n) is 5.87. The molecule has 0 N–H and O–H groups in total. The topological polar surface area (TPSA) is 39.2 Å². The molecule has 2 aromatic carbocycles. The molecular formula is C23H19NO2. The molecule has 3 aromatic rings. The van der Waals surface area contributed by atoms with Gasteiger partial charge in [0.15, 0.2) is 5.60 Å². The number of rotatable bonds is 3. The summed E-state index contributed by atoms with van der Waals surface area (Å²) in [5, 5.41) is 0. The Kier molecular flexibility index (Phi) is 3.42. The van der Waals surface area contributed by atoms with Crippen LogP contribution < -0.4 is 0 Å². The van der Waals surface area contributed by atoms with Crippen molar-refractivity contribution in [2.45, 2.75) is 23.9 Å². The molecule has 1 aliphatic carbocycles. The van der Waals surface area contributed by atoms with Crippen LogP contribution in [0.3, 0.4) is 0 Å². The molecule has 0 bridgehead atoms. The Morgan fingerprint density at radius 2 is 1.50 bits per heavy atom. The van der Waals surface area contributed by atoms with Gasteiger partial charge in [0.2, 0.25) is 0 Å². The molecule has 1 aromatic heterocycles. The fraction of sp³-hybridized carbons (Fsp3) is 0.217. The van der Waals surface area contributed by atoms with E-state index >= 15 is 0 Å². The summed E-state index contributed by atoms with van der Waals surface area (Å²) >= 11 is 0. The number of nitrogens with zero attached hydrogens (tertiary/aromatic N) is 1. The largest absolute Gasteiger partial charge is 0.451 e. The Balaban J connectivity index is 1.66. The predicted molar refractivity (Wildman–Crippen MR) is 98.5 cm³/mol. The zero-order valence-corrected chi connectivity index (χ0v) is 14.3. The number of pyridine rings is 1. The van der Waals surface area contributed by atoms with Crippen LogP contribution in [0, 0.1) is 5.92 Å². The van der Waals surface area contributed by atoms with E-state index in [0.29, 0.717) is 0 Å². The van der Waals surface area contributed by atoms with Crippen LogP contribution in [0.4, 0.5) is 0 Å². The highest BCUT2D eigenvalue weighted by Crippen LogP contribution is 2.64. The zero-order chi connectivity index (χ0) is 17.6. The quantitative estimate of drug-likeness (QED) is 0.662. The first-order chi connectivity index (χ1) is 12.8. The molecular weight excluding hydrogens is 322 g/mol. The second kappa shape index (κ2) is 5.80. The van der Waals surface area contributed by atoms with Crippen LogP contribution in [-0.2, 0) is 15.1 Å². The van der Waals surface area contributed by atoms with Crippen LogP contribution in [0.25, 0.3) is 0 Å². The zero-order valence-electron chi connectivity index (χ0n) is 14.3. The smallest absolute Gasteiger partial charge is 0.315 e. The summed E-state index contributed by atoms with van der Waals surface area (Å²) in [7, 11) is 0. The number of carbonyl (C=O) groups is 1. The minimum atomic E-state index is -0.612. The molecule has 1 aliphatic heterocycles. The molecule has 1 saturated heterocycles. The first-order valence-corrected chi connectivity index (χ1v) is 9.04. The van der Waals surface area contributed by atoms with Gasteiger partial charge in [0.05, 0.1) is 5.69 Å². The van der Waals surface area contributed by atoms with Crippen molar-refractivity contribution < 1.29 is 9.53 Å². The average molecular weight is 341 g/mol. The highest BCUT2D eigenvalue weighted by molar-refractivity contribution is 5.83. The number of aromatic nitrogens is 1. The second-order valence-corrected chi connectivity index (χ2v) is 7.16. The maximum Gasteiger partial charge on any atom is 0.315 e. The lowest BCUT2D eigenvalue weighted by molar-refractivity contribution is -0.212. The number of esters is 1. The van der Waals surface area contributed by atoms with Gasteiger partial charge in [-0.05, 0) is 29.2 Å². The minimum Gasteiger partial charge on any atom is -0.451 e. The van der Waals surface area contributed by atoms with E-state index in [1.54, 1.807) is 6.20 Å². The lowest BCUT2D eigenvalue weighted by atomic mass is 9.75. The fourth-order valence-electron chi connectivity index (χ4n) is 4.78. The van der Waals surface area contributed by atoms with Gasteiger partial charge < -0.3 is 4.74 Å². The summed E-state index contributed by atoms with van der Waals surface area (Å²) in [6.45, 7) is 0. The van der Waals surface area contributed by atoms with Gasteiger partial charge in [-0.2, -0.15) is 0 Å². The molecule has 4 atom stereocenters. The highest BCUT2D eigenvalue weighted by Gasteiger charge is 2.68. The number of hydrogen-bond donors (Lipinski definition) is 0. The molecule has 128 valence electrons. The SMILES string of the molecule is O=C1O[C@@]2(c3ccccn3)C[C@H](c3ccccc3)[C@@H](c3ccccc3)[C@@H]12. The monoisotopic (exact) mass is 341 g/mol. The van der Waals surface area contributed by atoms with Gasteiger partial charge in [-0.1, -0.05) is 66.7 Å². The molecule has 26 heavy (non-hydrogen) atoms. The highest BCUT2D eigenvalue weighted by atomic mass is 16.6. The van der Waals surface area contributed by atoms with E-state index < -0.39 is 5.60 Å². The van der Waals surface area contributed by atoms with Crippen molar-refractivity contribution in [1.29, 1.82) is 0 Å². The molecule has 2 fully saturated rings. The van der Waals surface area contributed by atoms with Crippen molar-refractivity contribution in [2.24, 2.45) is 5.92 Å². The Labute approximate surface area is 152 Å². The van der Waals surface area contributed by atoms with Crippen LogP contribution in [-0.4, -0.2) is 11.0 Å². The van der Waals surface area contributed by atoms with Gasteiger partial charge in [0.1, 0.15) is 5.92 Å². The lowest BCUT2D eigenvalue weighted by Crippen LogP contribution is -2.53. The maximum atomic E-state index is 12.6. The van der Waals surface area contributed by atoms with Gasteiger partial charge in [0.25, 0.3) is 0 Å². The summed E-state index contributed by atoms with van der Waals surface area (Å²) < 4.78 is 5.84. The number of benzene rings is 2. The van der Waals surface area contributed by atoms with E-state index in [0.717, 1.165) is 12.1 Å². The Hall–Kier alpha value is -2.94. The Morgan fingerprint density at radius 1 is 0.846 bits per heavy atom. The molecule has 3 nitrogen and oxygen atoms in total. The van der Waals surface area contributed by atoms with Crippen LogP contribution in [0.5, 0.6) is 0 Å². The summed E-state index contributed by atoms with van der Waals surface area (Å²) in [6, 6.07) is 26.7. The average Bonchev–Trinajstić information content (AvgIpc) is 3.00. The second-order valence-electron chi connectivity index (χ2n) is 7.16. The van der Waals surface area contributed by atoms with Crippen molar-refractivity contribution >= 4 is 5.97 Å². The summed E-state index contributed by atoms with van der Waals surface area (Å²) in [6.07, 6.45) is 2.55. The van der Waals surface area contributed by atoms with Gasteiger partial charge in [-0.3, -0.25) is 9.78 Å². The van der Waals surface area contributed by atoms with Crippen molar-refractivity contribution in [3.63, 3.8) is 0 Å². The van der Waals surface area contributed by atoms with Gasteiger partial charge in [-0.15, -0.1) is 0 Å². The Morgan fingerprint density at radius 3 is 2.12 bits per heavy atom. The molecule has 0 spiro atoms. The van der Waals surface area contributed by atoms with E-state index in [-0.39, 0.29) is 23.7 Å². The number of carbonyl (C=O) groups excluding carboxylic acids is 1. The third kappa shape index (κ3) is 2.13. The predicted octanol–water partition coefficient (Wildman–Crippen LogP) is 4.42. The molecule has 2 heterocycles. The number of hydrogen-bond acceptors (Lipinski definition) is 3. The van der Waals surface area contributed by atoms with Gasteiger partial charge in [0, 0.05) is 18.5 Å². The molecule has 1 saturated carbocycles. The molecule has 3 heteroatoms. The molecule has 2 aliphatic rings. The molecule has 0 radical (unpaired) electrons. The Bertz CT molecular complexity index is 926. The molecule has 0 amide bonds. The van der Waals surface area contributed by atoms with Gasteiger partial charge in [-0.25, -0.2) is 0 Å². The maximum absolute atomic E-state index is 12.6. The van der Waals surface area contributed by atoms with Crippen molar-refractivity contribution in [3.05, 3.63) is 102 Å². The van der Waals surface area contributed by atoms with Crippen molar-refractivity contribution in [1.82, 2.24) is 4.98 Å². The number of ether oxygens (including phenoxy) is 1. The summed E-state index contributed by atoms with van der Waals surface area (Å²) in [5.74, 6) is 0.0202. The fourth-order valence-corrected chi connectivity index (χ4v) is 4.78. The minimum absolute atomic E-state index is 0.0989. The van der Waals surface area contributed by atoms with E-state index in [4.69, 9.17) is 4.74 Å². The van der Waals surface area contributed by atoms with E-state index in [1.165, 1.54) is 11.1 Å². The third-order valence-corrected chi connectivity index (χ3v) is 5.87. The van der Waals surface area contributed by atoms with Crippen molar-refractivity contribution in [3.8, 4) is 0 Å². The first kappa shape index (κ1) is 15.3. The van der Waals surface area contributed by atoms with Gasteiger partial charge >= 0.3 is 5.97 Å². The lowest BCUT2D eigenvalue weighted by Gasteiger charge is -2.44.